The second kappa shape index (κ2) is 7.62. The predicted octanol–water partition coefficient (Wildman–Crippen LogP) is 5.32. The summed E-state index contributed by atoms with van der Waals surface area (Å²) in [5.41, 5.74) is 3.09. The van der Waals surface area contributed by atoms with E-state index in [1.54, 1.807) is 12.4 Å². The molecule has 0 atom stereocenters. The van der Waals surface area contributed by atoms with Crippen LogP contribution in [0.2, 0.25) is 0 Å². The van der Waals surface area contributed by atoms with Crippen LogP contribution >= 0.6 is 15.9 Å². The Morgan fingerprint density at radius 3 is 2.65 bits per heavy atom. The number of ether oxygens (including phenoxy) is 3. The molecule has 1 aromatic heterocycles. The number of aromatic nitrogens is 1. The molecule has 0 fully saturated rings. The molecule has 2 aromatic carbocycles. The van der Waals surface area contributed by atoms with Gasteiger partial charge in [-0.3, -0.25) is 4.98 Å². The van der Waals surface area contributed by atoms with Crippen LogP contribution in [0.25, 0.3) is 12.2 Å². The zero-order chi connectivity index (χ0) is 17.8. The van der Waals surface area contributed by atoms with Crippen LogP contribution in [0.5, 0.6) is 17.2 Å². The number of pyridine rings is 1. The standard InChI is InChI=1S/C21H16BrNO3/c22-19-10-21-20(25-14-26-21)9-17(19)7-6-16-8-18(12-23-11-16)24-13-15-4-2-1-3-5-15/h1-12H,13-14H2/b7-6-. The Kier molecular flexibility index (Phi) is 4.88. The molecule has 0 aliphatic carbocycles. The van der Waals surface area contributed by atoms with Gasteiger partial charge < -0.3 is 14.2 Å². The molecule has 4 nitrogen and oxygen atoms in total. The van der Waals surface area contributed by atoms with Crippen LogP contribution in [0.4, 0.5) is 0 Å². The fourth-order valence-electron chi connectivity index (χ4n) is 2.59. The Morgan fingerprint density at radius 1 is 1.00 bits per heavy atom. The highest BCUT2D eigenvalue weighted by Gasteiger charge is 2.15. The Bertz CT molecular complexity index is 941. The van der Waals surface area contributed by atoms with Crippen molar-refractivity contribution in [1.29, 1.82) is 0 Å². The second-order valence-electron chi connectivity index (χ2n) is 5.79. The molecule has 4 rings (SSSR count). The van der Waals surface area contributed by atoms with E-state index in [1.165, 1.54) is 0 Å². The summed E-state index contributed by atoms with van der Waals surface area (Å²) in [6.45, 7) is 0.781. The molecular formula is C21H16BrNO3. The Labute approximate surface area is 160 Å². The Morgan fingerprint density at radius 2 is 1.81 bits per heavy atom. The zero-order valence-corrected chi connectivity index (χ0v) is 15.5. The van der Waals surface area contributed by atoms with Crippen molar-refractivity contribution < 1.29 is 14.2 Å². The number of nitrogens with zero attached hydrogens (tertiary/aromatic N) is 1. The van der Waals surface area contributed by atoms with Gasteiger partial charge in [-0.1, -0.05) is 58.4 Å². The van der Waals surface area contributed by atoms with Crippen LogP contribution in [-0.4, -0.2) is 11.8 Å². The summed E-state index contributed by atoms with van der Waals surface area (Å²) in [6.07, 6.45) is 7.51. The number of benzene rings is 2. The highest BCUT2D eigenvalue weighted by Crippen LogP contribution is 2.37. The van der Waals surface area contributed by atoms with Crippen molar-refractivity contribution in [2.75, 3.05) is 6.79 Å². The third-order valence-electron chi connectivity index (χ3n) is 3.93. The lowest BCUT2D eigenvalue weighted by atomic mass is 10.1. The van der Waals surface area contributed by atoms with Crippen LogP contribution < -0.4 is 14.2 Å². The van der Waals surface area contributed by atoms with Crippen LogP contribution in [-0.2, 0) is 6.61 Å². The lowest BCUT2D eigenvalue weighted by Crippen LogP contribution is -1.95. The van der Waals surface area contributed by atoms with Crippen LogP contribution in [0.3, 0.4) is 0 Å². The van der Waals surface area contributed by atoms with E-state index < -0.39 is 0 Å². The first-order valence-electron chi connectivity index (χ1n) is 8.17. The lowest BCUT2D eigenvalue weighted by Gasteiger charge is -2.06. The fourth-order valence-corrected chi connectivity index (χ4v) is 3.05. The summed E-state index contributed by atoms with van der Waals surface area (Å²) in [5.74, 6) is 2.25. The summed E-state index contributed by atoms with van der Waals surface area (Å²) < 4.78 is 17.6. The molecule has 0 saturated heterocycles. The van der Waals surface area contributed by atoms with Crippen molar-refractivity contribution in [3.8, 4) is 17.2 Å². The summed E-state index contributed by atoms with van der Waals surface area (Å²) in [4.78, 5) is 4.26. The number of fused-ring (bicyclic) bond motifs is 1. The molecular weight excluding hydrogens is 394 g/mol. The van der Waals surface area contributed by atoms with E-state index in [-0.39, 0.29) is 6.79 Å². The Hall–Kier alpha value is -2.79. The number of hydrogen-bond donors (Lipinski definition) is 0. The molecule has 0 N–H and O–H groups in total. The van der Waals surface area contributed by atoms with Gasteiger partial charge in [0.2, 0.25) is 6.79 Å². The molecule has 0 saturated carbocycles. The van der Waals surface area contributed by atoms with Gasteiger partial charge in [-0.25, -0.2) is 0 Å². The van der Waals surface area contributed by atoms with Gasteiger partial charge in [-0.15, -0.1) is 0 Å². The van der Waals surface area contributed by atoms with Crippen molar-refractivity contribution in [3.05, 3.63) is 82.1 Å². The molecule has 3 aromatic rings. The van der Waals surface area contributed by atoms with E-state index in [2.05, 4.69) is 20.9 Å². The average molecular weight is 410 g/mol. The van der Waals surface area contributed by atoms with E-state index in [0.717, 1.165) is 38.4 Å². The van der Waals surface area contributed by atoms with E-state index >= 15 is 0 Å². The van der Waals surface area contributed by atoms with Gasteiger partial charge in [0.25, 0.3) is 0 Å². The monoisotopic (exact) mass is 409 g/mol. The van der Waals surface area contributed by atoms with E-state index in [9.17, 15) is 0 Å². The van der Waals surface area contributed by atoms with Gasteiger partial charge in [0, 0.05) is 10.7 Å². The first-order chi connectivity index (χ1) is 12.8. The van der Waals surface area contributed by atoms with Gasteiger partial charge in [-0.2, -0.15) is 0 Å². The van der Waals surface area contributed by atoms with Crippen molar-refractivity contribution in [1.82, 2.24) is 4.98 Å². The number of rotatable bonds is 5. The van der Waals surface area contributed by atoms with Gasteiger partial charge in [0.15, 0.2) is 11.5 Å². The van der Waals surface area contributed by atoms with Crippen molar-refractivity contribution in [3.63, 3.8) is 0 Å². The van der Waals surface area contributed by atoms with Crippen molar-refractivity contribution in [2.45, 2.75) is 6.61 Å². The predicted molar refractivity (Wildman–Crippen MR) is 104 cm³/mol. The highest BCUT2D eigenvalue weighted by molar-refractivity contribution is 9.10. The molecule has 5 heteroatoms. The topological polar surface area (TPSA) is 40.6 Å². The normalized spacial score (nSPS) is 12.5. The van der Waals surface area contributed by atoms with E-state index in [1.807, 2.05) is 60.7 Å². The first-order valence-corrected chi connectivity index (χ1v) is 8.96. The molecule has 1 aliphatic heterocycles. The second-order valence-corrected chi connectivity index (χ2v) is 6.64. The van der Waals surface area contributed by atoms with Crippen LogP contribution in [0.1, 0.15) is 16.7 Å². The van der Waals surface area contributed by atoms with E-state index in [0.29, 0.717) is 6.61 Å². The zero-order valence-electron chi connectivity index (χ0n) is 13.9. The summed E-state index contributed by atoms with van der Waals surface area (Å²) in [7, 11) is 0. The van der Waals surface area contributed by atoms with Gasteiger partial charge >= 0.3 is 0 Å². The molecule has 0 amide bonds. The third-order valence-corrected chi connectivity index (χ3v) is 4.62. The molecule has 0 spiro atoms. The highest BCUT2D eigenvalue weighted by atomic mass is 79.9. The maximum absolute atomic E-state index is 5.83. The molecule has 0 bridgehead atoms. The third kappa shape index (κ3) is 3.89. The lowest BCUT2D eigenvalue weighted by molar-refractivity contribution is 0.174. The molecule has 26 heavy (non-hydrogen) atoms. The van der Waals surface area contributed by atoms with Crippen molar-refractivity contribution >= 4 is 28.1 Å². The largest absolute Gasteiger partial charge is 0.487 e. The summed E-state index contributed by atoms with van der Waals surface area (Å²) in [5, 5.41) is 0. The van der Waals surface area contributed by atoms with Crippen LogP contribution in [0.15, 0.2) is 65.4 Å². The van der Waals surface area contributed by atoms with Gasteiger partial charge in [0.05, 0.1) is 6.20 Å². The fraction of sp³-hybridized carbons (Fsp3) is 0.0952. The van der Waals surface area contributed by atoms with Crippen LogP contribution in [0, 0.1) is 0 Å². The SMILES string of the molecule is Brc1cc2c(cc1/C=C\c1cncc(OCc3ccccc3)c1)OCO2. The first kappa shape index (κ1) is 16.7. The maximum atomic E-state index is 5.83. The summed E-state index contributed by atoms with van der Waals surface area (Å²) >= 11 is 3.56. The smallest absolute Gasteiger partial charge is 0.231 e. The molecule has 0 radical (unpaired) electrons. The molecule has 1 aliphatic rings. The quantitative estimate of drug-likeness (QED) is 0.571. The number of hydrogen-bond acceptors (Lipinski definition) is 4. The Balaban J connectivity index is 1.48. The molecule has 2 heterocycles. The molecule has 130 valence electrons. The van der Waals surface area contributed by atoms with Gasteiger partial charge in [0.1, 0.15) is 12.4 Å². The maximum Gasteiger partial charge on any atom is 0.231 e. The van der Waals surface area contributed by atoms with Gasteiger partial charge in [-0.05, 0) is 34.9 Å². The molecule has 0 unspecified atom stereocenters. The van der Waals surface area contributed by atoms with E-state index in [4.69, 9.17) is 14.2 Å². The van der Waals surface area contributed by atoms with Crippen molar-refractivity contribution in [2.24, 2.45) is 0 Å². The average Bonchev–Trinajstić information content (AvgIpc) is 3.13. The summed E-state index contributed by atoms with van der Waals surface area (Å²) in [6, 6.07) is 15.9. The minimum Gasteiger partial charge on any atom is -0.487 e. The minimum absolute atomic E-state index is 0.264. The minimum atomic E-state index is 0.264. The number of halogens is 1.